The van der Waals surface area contributed by atoms with Gasteiger partial charge < -0.3 is 29.9 Å². The highest BCUT2D eigenvalue weighted by molar-refractivity contribution is 5.80. The van der Waals surface area contributed by atoms with E-state index < -0.39 is 61.1 Å². The van der Waals surface area contributed by atoms with Crippen molar-refractivity contribution in [2.75, 3.05) is 0 Å². The van der Waals surface area contributed by atoms with Crippen LogP contribution in [0.4, 0.5) is 0 Å². The van der Waals surface area contributed by atoms with Crippen molar-refractivity contribution in [2.45, 2.75) is 51.1 Å². The van der Waals surface area contributed by atoms with Crippen LogP contribution in [0.5, 0.6) is 0 Å². The summed E-state index contributed by atoms with van der Waals surface area (Å²) in [5.74, 6) is -5.71. The fourth-order valence-corrected chi connectivity index (χ4v) is 1.44. The van der Waals surface area contributed by atoms with Crippen LogP contribution in [0.3, 0.4) is 0 Å². The van der Waals surface area contributed by atoms with Gasteiger partial charge in [0.1, 0.15) is 0 Å². The highest BCUT2D eigenvalue weighted by Crippen LogP contribution is 2.13. The van der Waals surface area contributed by atoms with E-state index in [0.29, 0.717) is 0 Å². The Hall–Kier alpha value is -2.20. The van der Waals surface area contributed by atoms with Crippen LogP contribution in [0, 0.1) is 0 Å². The molecule has 22 heavy (non-hydrogen) atoms. The second-order valence-corrected chi connectivity index (χ2v) is 4.53. The second kappa shape index (κ2) is 8.95. The Morgan fingerprint density at radius 3 is 1.18 bits per heavy atom. The lowest BCUT2D eigenvalue weighted by atomic mass is 10.2. The summed E-state index contributed by atoms with van der Waals surface area (Å²) in [5.41, 5.74) is 0. The summed E-state index contributed by atoms with van der Waals surface area (Å²) in [6.07, 6.45) is -6.72. The highest BCUT2D eigenvalue weighted by Gasteiger charge is 2.30. The number of carbonyl (C=O) groups is 4. The van der Waals surface area contributed by atoms with Gasteiger partial charge in [-0.2, -0.15) is 0 Å². The number of rotatable bonds is 11. The summed E-state index contributed by atoms with van der Waals surface area (Å²) >= 11 is 0. The van der Waals surface area contributed by atoms with Crippen molar-refractivity contribution < 1.29 is 49.1 Å². The first-order valence-electron chi connectivity index (χ1n) is 6.24. The zero-order chi connectivity index (χ0) is 17.4. The lowest BCUT2D eigenvalue weighted by molar-refractivity contribution is -0.176. The number of aliphatic carboxylic acids is 4. The standard InChI is InChI=1S/C12H18O10/c1-5(21-7(11(17)18)3-9(13)14)6(2)22-8(12(19)20)4-10(15)16/h5-8H,3-4H2,1-2H3,(H,13,14)(H,15,16)(H,17,18)(H,19,20). The van der Waals surface area contributed by atoms with Crippen LogP contribution in [0.15, 0.2) is 0 Å². The van der Waals surface area contributed by atoms with Crippen molar-refractivity contribution >= 4 is 23.9 Å². The van der Waals surface area contributed by atoms with Crippen LogP contribution in [-0.2, 0) is 28.7 Å². The molecule has 0 saturated carbocycles. The molecule has 0 aromatic carbocycles. The van der Waals surface area contributed by atoms with Crippen molar-refractivity contribution in [3.05, 3.63) is 0 Å². The van der Waals surface area contributed by atoms with Crippen molar-refractivity contribution in [1.29, 1.82) is 0 Å². The highest BCUT2D eigenvalue weighted by atomic mass is 16.6. The average molecular weight is 322 g/mol. The van der Waals surface area contributed by atoms with E-state index >= 15 is 0 Å². The zero-order valence-corrected chi connectivity index (χ0v) is 12.0. The molecule has 4 unspecified atom stereocenters. The molecule has 0 saturated heterocycles. The molecule has 4 atom stereocenters. The third-order valence-corrected chi connectivity index (χ3v) is 2.69. The molecule has 0 aromatic rings. The van der Waals surface area contributed by atoms with Gasteiger partial charge in [0, 0.05) is 0 Å². The minimum absolute atomic E-state index is 0.774. The van der Waals surface area contributed by atoms with Crippen LogP contribution < -0.4 is 0 Å². The molecule has 0 aromatic heterocycles. The van der Waals surface area contributed by atoms with Gasteiger partial charge in [0.25, 0.3) is 0 Å². The monoisotopic (exact) mass is 322 g/mol. The molecule has 0 amide bonds. The van der Waals surface area contributed by atoms with E-state index in [4.69, 9.17) is 29.9 Å². The molecule has 0 aliphatic heterocycles. The van der Waals surface area contributed by atoms with Gasteiger partial charge in [-0.3, -0.25) is 9.59 Å². The Balaban J connectivity index is 4.71. The minimum atomic E-state index is -1.62. The van der Waals surface area contributed by atoms with E-state index in [9.17, 15) is 19.2 Å². The second-order valence-electron chi connectivity index (χ2n) is 4.53. The molecular formula is C12H18O10. The molecular weight excluding hydrogens is 304 g/mol. The van der Waals surface area contributed by atoms with E-state index in [1.54, 1.807) is 0 Å². The summed E-state index contributed by atoms with van der Waals surface area (Å²) in [4.78, 5) is 42.8. The lowest BCUT2D eigenvalue weighted by Gasteiger charge is -2.26. The van der Waals surface area contributed by atoms with E-state index in [1.807, 2.05) is 0 Å². The maximum atomic E-state index is 10.9. The number of hydrogen-bond donors (Lipinski definition) is 4. The molecule has 0 spiro atoms. The largest absolute Gasteiger partial charge is 0.481 e. The predicted molar refractivity (Wildman–Crippen MR) is 68.4 cm³/mol. The Morgan fingerprint density at radius 2 is 1.00 bits per heavy atom. The molecule has 0 aliphatic carbocycles. The van der Waals surface area contributed by atoms with Gasteiger partial charge in [-0.15, -0.1) is 0 Å². The molecule has 0 fully saturated rings. The molecule has 10 heteroatoms. The van der Waals surface area contributed by atoms with Crippen LogP contribution >= 0.6 is 0 Å². The number of hydrogen-bond acceptors (Lipinski definition) is 6. The third kappa shape index (κ3) is 7.55. The smallest absolute Gasteiger partial charge is 0.333 e. The molecule has 0 bridgehead atoms. The summed E-state index contributed by atoms with van der Waals surface area (Å²) in [5, 5.41) is 34.8. The lowest BCUT2D eigenvalue weighted by Crippen LogP contribution is -2.39. The van der Waals surface area contributed by atoms with Crippen LogP contribution in [0.2, 0.25) is 0 Å². The van der Waals surface area contributed by atoms with Crippen molar-refractivity contribution in [3.63, 3.8) is 0 Å². The SMILES string of the molecule is CC(OC(CC(=O)O)C(=O)O)C(C)OC(CC(=O)O)C(=O)O. The Kier molecular flexibility index (Phi) is 8.05. The maximum Gasteiger partial charge on any atom is 0.333 e. The molecule has 10 nitrogen and oxygen atoms in total. The first kappa shape index (κ1) is 19.8. The van der Waals surface area contributed by atoms with E-state index in [-0.39, 0.29) is 0 Å². The van der Waals surface area contributed by atoms with Gasteiger partial charge in [0.2, 0.25) is 0 Å². The molecule has 0 radical (unpaired) electrons. The van der Waals surface area contributed by atoms with E-state index in [2.05, 4.69) is 0 Å². The molecule has 0 aliphatic rings. The van der Waals surface area contributed by atoms with Crippen molar-refractivity contribution in [3.8, 4) is 0 Å². The zero-order valence-electron chi connectivity index (χ0n) is 12.0. The topological polar surface area (TPSA) is 168 Å². The number of carboxylic acid groups (broad SMARTS) is 4. The first-order chi connectivity index (χ1) is 10.0. The van der Waals surface area contributed by atoms with E-state index in [1.165, 1.54) is 13.8 Å². The van der Waals surface area contributed by atoms with Gasteiger partial charge >= 0.3 is 23.9 Å². The molecule has 0 heterocycles. The number of ether oxygens (including phenoxy) is 2. The Bertz CT molecular complexity index is 392. The van der Waals surface area contributed by atoms with Crippen molar-refractivity contribution in [2.24, 2.45) is 0 Å². The van der Waals surface area contributed by atoms with Gasteiger partial charge in [-0.05, 0) is 13.8 Å². The summed E-state index contributed by atoms with van der Waals surface area (Å²) < 4.78 is 10.0. The van der Waals surface area contributed by atoms with Crippen molar-refractivity contribution in [1.82, 2.24) is 0 Å². The Labute approximate surface area is 125 Å². The molecule has 126 valence electrons. The fraction of sp³-hybridized carbons (Fsp3) is 0.667. The fourth-order valence-electron chi connectivity index (χ4n) is 1.44. The third-order valence-electron chi connectivity index (χ3n) is 2.69. The maximum absolute atomic E-state index is 10.9. The summed E-state index contributed by atoms with van der Waals surface area (Å²) in [6.45, 7) is 2.73. The van der Waals surface area contributed by atoms with Crippen LogP contribution in [0.1, 0.15) is 26.7 Å². The van der Waals surface area contributed by atoms with Crippen LogP contribution in [0.25, 0.3) is 0 Å². The van der Waals surface area contributed by atoms with E-state index in [0.717, 1.165) is 0 Å². The normalized spacial score (nSPS) is 16.3. The number of carboxylic acids is 4. The first-order valence-corrected chi connectivity index (χ1v) is 6.24. The molecule has 4 N–H and O–H groups in total. The van der Waals surface area contributed by atoms with Gasteiger partial charge in [-0.1, -0.05) is 0 Å². The summed E-state index contributed by atoms with van der Waals surface area (Å²) in [7, 11) is 0. The average Bonchev–Trinajstić information content (AvgIpc) is 2.35. The van der Waals surface area contributed by atoms with Gasteiger partial charge in [-0.25, -0.2) is 9.59 Å². The van der Waals surface area contributed by atoms with Crippen LogP contribution in [-0.4, -0.2) is 68.7 Å². The van der Waals surface area contributed by atoms with Gasteiger partial charge in [0.05, 0.1) is 25.0 Å². The summed E-state index contributed by atoms with van der Waals surface area (Å²) in [6, 6.07) is 0. The predicted octanol–water partition coefficient (Wildman–Crippen LogP) is -0.348. The Morgan fingerprint density at radius 1 is 0.727 bits per heavy atom. The van der Waals surface area contributed by atoms with Gasteiger partial charge in [0.15, 0.2) is 12.2 Å². The molecule has 0 rings (SSSR count). The quantitative estimate of drug-likeness (QED) is 0.394. The minimum Gasteiger partial charge on any atom is -0.481 e.